The van der Waals surface area contributed by atoms with E-state index in [9.17, 15) is 14.3 Å². The highest BCUT2D eigenvalue weighted by atomic mass is 35.5. The second-order valence-corrected chi connectivity index (χ2v) is 10.5. The van der Waals surface area contributed by atoms with Crippen molar-refractivity contribution in [2.45, 2.75) is 33.0 Å². The average molecular weight is 594 g/mol. The van der Waals surface area contributed by atoms with E-state index in [2.05, 4.69) is 29.3 Å². The number of halogens is 2. The SMILES string of the molecule is CCn1cncc1Cc1c(CN2CCN(c3cccc(OCc4ccc(Cl)cc4F)n3)CC2)nc2oc(C(=O)O)cn12. The fraction of sp³-hybridized carbons (Fsp3) is 0.310. The highest BCUT2D eigenvalue weighted by Gasteiger charge is 2.24. The Labute approximate surface area is 245 Å². The lowest BCUT2D eigenvalue weighted by Crippen LogP contribution is -2.46. The van der Waals surface area contributed by atoms with Gasteiger partial charge in [-0.05, 0) is 25.1 Å². The number of pyridine rings is 1. The first-order valence-corrected chi connectivity index (χ1v) is 14.0. The average Bonchev–Trinajstić information content (AvgIpc) is 3.69. The van der Waals surface area contributed by atoms with E-state index < -0.39 is 11.8 Å². The number of imidazole rings is 2. The molecule has 1 aliphatic heterocycles. The minimum Gasteiger partial charge on any atom is -0.475 e. The molecule has 6 rings (SSSR count). The second kappa shape index (κ2) is 11.8. The largest absolute Gasteiger partial charge is 0.475 e. The molecule has 0 saturated carbocycles. The monoisotopic (exact) mass is 593 g/mol. The highest BCUT2D eigenvalue weighted by molar-refractivity contribution is 6.30. The van der Waals surface area contributed by atoms with E-state index in [1.807, 2.05) is 25.3 Å². The lowest BCUT2D eigenvalue weighted by molar-refractivity contribution is 0.0664. The fourth-order valence-electron chi connectivity index (χ4n) is 5.10. The third kappa shape index (κ3) is 5.81. The van der Waals surface area contributed by atoms with Gasteiger partial charge in [-0.3, -0.25) is 9.30 Å². The van der Waals surface area contributed by atoms with E-state index >= 15 is 0 Å². The quantitative estimate of drug-likeness (QED) is 0.250. The molecule has 1 fully saturated rings. The molecule has 5 aromatic rings. The Hall–Kier alpha value is -4.42. The molecule has 5 heterocycles. The highest BCUT2D eigenvalue weighted by Crippen LogP contribution is 2.24. The smallest absolute Gasteiger partial charge is 0.373 e. The second-order valence-electron chi connectivity index (χ2n) is 10.0. The predicted molar refractivity (Wildman–Crippen MR) is 153 cm³/mol. The van der Waals surface area contributed by atoms with Gasteiger partial charge in [0.2, 0.25) is 11.6 Å². The summed E-state index contributed by atoms with van der Waals surface area (Å²) in [4.78, 5) is 29.6. The van der Waals surface area contributed by atoms with Crippen LogP contribution in [0.15, 0.2) is 59.5 Å². The van der Waals surface area contributed by atoms with Crippen molar-refractivity contribution in [3.8, 4) is 5.88 Å². The van der Waals surface area contributed by atoms with E-state index in [0.29, 0.717) is 29.4 Å². The van der Waals surface area contributed by atoms with Crippen molar-refractivity contribution in [3.63, 3.8) is 0 Å². The van der Waals surface area contributed by atoms with Gasteiger partial charge in [0.15, 0.2) is 0 Å². The first-order chi connectivity index (χ1) is 20.4. The van der Waals surface area contributed by atoms with E-state index in [0.717, 1.165) is 55.6 Å². The molecule has 218 valence electrons. The first kappa shape index (κ1) is 27.7. The number of anilines is 1. The molecular weight excluding hydrogens is 565 g/mol. The van der Waals surface area contributed by atoms with Crippen LogP contribution in [0.4, 0.5) is 10.2 Å². The molecule has 4 aromatic heterocycles. The Bertz CT molecular complexity index is 1720. The molecular formula is C29H29ClFN7O4. The first-order valence-electron chi connectivity index (χ1n) is 13.6. The summed E-state index contributed by atoms with van der Waals surface area (Å²) in [6.45, 7) is 6.50. The molecule has 0 spiro atoms. The summed E-state index contributed by atoms with van der Waals surface area (Å²) in [7, 11) is 0. The van der Waals surface area contributed by atoms with Gasteiger partial charge < -0.3 is 23.7 Å². The summed E-state index contributed by atoms with van der Waals surface area (Å²) in [5.74, 6) is -0.234. The molecule has 1 saturated heterocycles. The standard InChI is InChI=1S/C29H29ClFN7O4/c1-2-36-18-32-14-21(36)13-24-23(33-29-38(24)16-25(42-29)28(39)40)15-35-8-10-37(11-9-35)26-4-3-5-27(34-26)41-17-19-6-7-20(30)12-22(19)31/h3-7,12,14,16,18H,2,8-11,13,15,17H2,1H3,(H,39,40). The molecule has 0 bridgehead atoms. The van der Waals surface area contributed by atoms with Gasteiger partial charge in [-0.1, -0.05) is 23.7 Å². The van der Waals surface area contributed by atoms with Crippen LogP contribution >= 0.6 is 11.6 Å². The van der Waals surface area contributed by atoms with Crippen molar-refractivity contribution in [2.24, 2.45) is 0 Å². The van der Waals surface area contributed by atoms with Crippen LogP contribution in [-0.2, 0) is 26.1 Å². The van der Waals surface area contributed by atoms with Crippen LogP contribution in [0.2, 0.25) is 5.02 Å². The summed E-state index contributed by atoms with van der Waals surface area (Å²) in [6.07, 6.45) is 5.63. The van der Waals surface area contributed by atoms with Gasteiger partial charge in [0.25, 0.3) is 0 Å². The molecule has 0 unspecified atom stereocenters. The molecule has 1 N–H and O–H groups in total. The molecule has 0 atom stereocenters. The number of nitrogens with zero attached hydrogens (tertiary/aromatic N) is 7. The van der Waals surface area contributed by atoms with E-state index in [1.54, 1.807) is 28.9 Å². The van der Waals surface area contributed by atoms with Crippen LogP contribution < -0.4 is 9.64 Å². The van der Waals surface area contributed by atoms with Crippen LogP contribution in [0.3, 0.4) is 0 Å². The minimum atomic E-state index is -1.14. The van der Waals surface area contributed by atoms with Gasteiger partial charge in [-0.15, -0.1) is 0 Å². The zero-order valence-electron chi connectivity index (χ0n) is 22.9. The predicted octanol–water partition coefficient (Wildman–Crippen LogP) is 4.52. The number of ether oxygens (including phenoxy) is 1. The third-order valence-electron chi connectivity index (χ3n) is 7.38. The summed E-state index contributed by atoms with van der Waals surface area (Å²) in [5.41, 5.74) is 3.13. The fourth-order valence-corrected chi connectivity index (χ4v) is 5.26. The van der Waals surface area contributed by atoms with Crippen molar-refractivity contribution in [2.75, 3.05) is 31.1 Å². The Morgan fingerprint density at radius 1 is 1.17 bits per heavy atom. The maximum atomic E-state index is 14.1. The summed E-state index contributed by atoms with van der Waals surface area (Å²) in [6, 6.07) is 10.1. The molecule has 0 amide bonds. The maximum Gasteiger partial charge on any atom is 0.373 e. The number of aromatic carboxylic acids is 1. The van der Waals surface area contributed by atoms with Crippen molar-refractivity contribution >= 4 is 29.2 Å². The van der Waals surface area contributed by atoms with Gasteiger partial charge in [-0.25, -0.2) is 14.2 Å². The Kier molecular flexibility index (Phi) is 7.81. The van der Waals surface area contributed by atoms with Crippen LogP contribution in [0.25, 0.3) is 5.84 Å². The molecule has 1 aliphatic rings. The summed E-state index contributed by atoms with van der Waals surface area (Å²) >= 11 is 5.84. The van der Waals surface area contributed by atoms with Crippen LogP contribution in [-0.4, -0.2) is 66.1 Å². The van der Waals surface area contributed by atoms with E-state index in [1.165, 1.54) is 12.3 Å². The van der Waals surface area contributed by atoms with Crippen molar-refractivity contribution in [1.82, 2.24) is 28.8 Å². The molecule has 11 nitrogen and oxygen atoms in total. The number of hydrogen-bond acceptors (Lipinski definition) is 8. The normalized spacial score (nSPS) is 14.1. The van der Waals surface area contributed by atoms with Gasteiger partial charge in [0.05, 0.1) is 23.9 Å². The van der Waals surface area contributed by atoms with Crippen molar-refractivity contribution in [3.05, 3.63) is 94.4 Å². The number of benzene rings is 1. The van der Waals surface area contributed by atoms with Gasteiger partial charge in [-0.2, -0.15) is 9.97 Å². The van der Waals surface area contributed by atoms with Gasteiger partial charge in [0, 0.05) is 74.2 Å². The lowest BCUT2D eigenvalue weighted by Gasteiger charge is -2.35. The maximum absolute atomic E-state index is 14.1. The number of piperazine rings is 1. The molecule has 0 aliphatic carbocycles. The van der Waals surface area contributed by atoms with Gasteiger partial charge >= 0.3 is 11.8 Å². The number of oxazole rings is 1. The number of aryl methyl sites for hydroxylation is 1. The van der Waals surface area contributed by atoms with Crippen LogP contribution in [0.5, 0.6) is 5.88 Å². The van der Waals surface area contributed by atoms with Crippen molar-refractivity contribution in [1.29, 1.82) is 0 Å². The molecule has 13 heteroatoms. The number of aromatic nitrogens is 5. The third-order valence-corrected chi connectivity index (χ3v) is 7.61. The molecule has 1 aromatic carbocycles. The lowest BCUT2D eigenvalue weighted by atomic mass is 10.2. The Morgan fingerprint density at radius 2 is 2.00 bits per heavy atom. The topological polar surface area (TPSA) is 114 Å². The number of rotatable bonds is 10. The van der Waals surface area contributed by atoms with Gasteiger partial charge in [0.1, 0.15) is 18.2 Å². The Morgan fingerprint density at radius 3 is 2.76 bits per heavy atom. The van der Waals surface area contributed by atoms with E-state index in [4.69, 9.17) is 20.8 Å². The Balaban J connectivity index is 1.12. The summed E-state index contributed by atoms with van der Waals surface area (Å²) < 4.78 is 29.2. The zero-order chi connectivity index (χ0) is 29.2. The molecule has 0 radical (unpaired) electrons. The minimum absolute atomic E-state index is 0.0517. The number of carboxylic acid groups (broad SMARTS) is 1. The zero-order valence-corrected chi connectivity index (χ0v) is 23.7. The number of hydrogen-bond donors (Lipinski definition) is 1. The summed E-state index contributed by atoms with van der Waals surface area (Å²) in [5, 5.41) is 9.75. The van der Waals surface area contributed by atoms with Crippen molar-refractivity contribution < 1.29 is 23.4 Å². The number of carboxylic acids is 1. The number of fused-ring (bicyclic) bond motifs is 1. The number of carbonyl (C=O) groups is 1. The van der Waals surface area contributed by atoms with Crippen LogP contribution in [0, 0.1) is 5.82 Å². The van der Waals surface area contributed by atoms with E-state index in [-0.39, 0.29) is 18.2 Å². The van der Waals surface area contributed by atoms with Crippen LogP contribution in [0.1, 0.15) is 40.1 Å². The molecule has 42 heavy (non-hydrogen) atoms.